The summed E-state index contributed by atoms with van der Waals surface area (Å²) in [6.45, 7) is 4.51. The number of aliphatic hydroxyl groups excluding tert-OH is 1. The molecule has 1 rings (SSSR count). The van der Waals surface area contributed by atoms with Crippen LogP contribution < -0.4 is 5.32 Å². The van der Waals surface area contributed by atoms with Crippen molar-refractivity contribution >= 4 is 11.6 Å². The predicted octanol–water partition coefficient (Wildman–Crippen LogP) is 2.49. The monoisotopic (exact) mass is 265 g/mol. The zero-order valence-electron chi connectivity index (χ0n) is 11.9. The van der Waals surface area contributed by atoms with Crippen molar-refractivity contribution in [3.63, 3.8) is 0 Å². The molecule has 0 aliphatic heterocycles. The van der Waals surface area contributed by atoms with Crippen LogP contribution in [0.4, 0.5) is 5.69 Å². The number of hydrogen-bond donors (Lipinski definition) is 2. The number of anilines is 1. The highest BCUT2D eigenvalue weighted by molar-refractivity contribution is 5.93. The van der Waals surface area contributed by atoms with E-state index in [1.165, 1.54) is 0 Å². The summed E-state index contributed by atoms with van der Waals surface area (Å²) in [4.78, 5) is 12.0. The average molecular weight is 265 g/mol. The predicted molar refractivity (Wildman–Crippen MR) is 76.0 cm³/mol. The van der Waals surface area contributed by atoms with Crippen LogP contribution in [0.1, 0.15) is 30.9 Å². The standard InChI is InChI=1S/C15H23NO3/c1-11-6-7-13(10-17)9-14(11)16-15(18)12(2)5-4-8-19-3/h6-7,9,12,17H,4-5,8,10H2,1-3H3,(H,16,18). The summed E-state index contributed by atoms with van der Waals surface area (Å²) >= 11 is 0. The van der Waals surface area contributed by atoms with Crippen LogP contribution in [0.15, 0.2) is 18.2 Å². The van der Waals surface area contributed by atoms with E-state index in [1.54, 1.807) is 7.11 Å². The second-order valence-electron chi connectivity index (χ2n) is 4.83. The molecule has 0 aromatic heterocycles. The molecular formula is C15H23NO3. The fourth-order valence-electron chi connectivity index (χ4n) is 1.82. The van der Waals surface area contributed by atoms with Crippen molar-refractivity contribution in [1.82, 2.24) is 0 Å². The van der Waals surface area contributed by atoms with Gasteiger partial charge in [-0.15, -0.1) is 0 Å². The Bertz CT molecular complexity index is 418. The Morgan fingerprint density at radius 2 is 2.21 bits per heavy atom. The molecule has 0 fully saturated rings. The lowest BCUT2D eigenvalue weighted by Gasteiger charge is -2.14. The van der Waals surface area contributed by atoms with Crippen molar-refractivity contribution < 1.29 is 14.6 Å². The van der Waals surface area contributed by atoms with E-state index in [0.717, 1.165) is 29.7 Å². The second-order valence-corrected chi connectivity index (χ2v) is 4.83. The van der Waals surface area contributed by atoms with Gasteiger partial charge in [-0.25, -0.2) is 0 Å². The number of ether oxygens (including phenoxy) is 1. The van der Waals surface area contributed by atoms with E-state index in [1.807, 2.05) is 32.0 Å². The van der Waals surface area contributed by atoms with Crippen LogP contribution in [0, 0.1) is 12.8 Å². The molecule has 1 aromatic carbocycles. The van der Waals surface area contributed by atoms with E-state index in [0.29, 0.717) is 6.61 Å². The first-order valence-corrected chi connectivity index (χ1v) is 6.58. The molecule has 1 unspecified atom stereocenters. The van der Waals surface area contributed by atoms with Gasteiger partial charge in [0.2, 0.25) is 5.91 Å². The molecule has 1 atom stereocenters. The first-order chi connectivity index (χ1) is 9.08. The molecule has 0 spiro atoms. The van der Waals surface area contributed by atoms with Gasteiger partial charge in [-0.3, -0.25) is 4.79 Å². The molecule has 2 N–H and O–H groups in total. The van der Waals surface area contributed by atoms with Crippen LogP contribution in [-0.2, 0) is 16.1 Å². The summed E-state index contributed by atoms with van der Waals surface area (Å²) in [7, 11) is 1.66. The molecule has 0 aliphatic carbocycles. The van der Waals surface area contributed by atoms with E-state index in [4.69, 9.17) is 9.84 Å². The first kappa shape index (κ1) is 15.7. The Morgan fingerprint density at radius 3 is 2.84 bits per heavy atom. The van der Waals surface area contributed by atoms with E-state index < -0.39 is 0 Å². The van der Waals surface area contributed by atoms with Gasteiger partial charge in [0, 0.05) is 25.3 Å². The van der Waals surface area contributed by atoms with E-state index in [-0.39, 0.29) is 18.4 Å². The van der Waals surface area contributed by atoms with Crippen molar-refractivity contribution in [2.45, 2.75) is 33.3 Å². The van der Waals surface area contributed by atoms with Gasteiger partial charge in [-0.05, 0) is 37.0 Å². The second kappa shape index (κ2) is 7.92. The van der Waals surface area contributed by atoms with Crippen molar-refractivity contribution in [2.24, 2.45) is 5.92 Å². The molecule has 19 heavy (non-hydrogen) atoms. The highest BCUT2D eigenvalue weighted by Crippen LogP contribution is 2.18. The van der Waals surface area contributed by atoms with Gasteiger partial charge in [-0.2, -0.15) is 0 Å². The highest BCUT2D eigenvalue weighted by Gasteiger charge is 2.13. The SMILES string of the molecule is COCCCC(C)C(=O)Nc1cc(CO)ccc1C. The summed E-state index contributed by atoms with van der Waals surface area (Å²) < 4.78 is 4.98. The fraction of sp³-hybridized carbons (Fsp3) is 0.533. The van der Waals surface area contributed by atoms with Crippen molar-refractivity contribution in [1.29, 1.82) is 0 Å². The molecule has 1 aromatic rings. The zero-order valence-corrected chi connectivity index (χ0v) is 11.9. The number of carbonyl (C=O) groups is 1. The van der Waals surface area contributed by atoms with E-state index in [2.05, 4.69) is 5.32 Å². The van der Waals surface area contributed by atoms with Gasteiger partial charge >= 0.3 is 0 Å². The summed E-state index contributed by atoms with van der Waals surface area (Å²) in [6, 6.07) is 5.57. The Hall–Kier alpha value is -1.39. The topological polar surface area (TPSA) is 58.6 Å². The molecule has 106 valence electrons. The van der Waals surface area contributed by atoms with Crippen molar-refractivity contribution in [2.75, 3.05) is 19.0 Å². The van der Waals surface area contributed by atoms with Gasteiger partial charge in [0.15, 0.2) is 0 Å². The number of rotatable bonds is 7. The number of aryl methyl sites for hydroxylation is 1. The summed E-state index contributed by atoms with van der Waals surface area (Å²) in [5.41, 5.74) is 2.57. The Morgan fingerprint density at radius 1 is 1.47 bits per heavy atom. The Balaban J connectivity index is 2.60. The molecule has 0 aliphatic rings. The lowest BCUT2D eigenvalue weighted by Crippen LogP contribution is -2.21. The maximum Gasteiger partial charge on any atom is 0.227 e. The van der Waals surface area contributed by atoms with Crippen LogP contribution in [0.5, 0.6) is 0 Å². The van der Waals surface area contributed by atoms with Gasteiger partial charge in [0.05, 0.1) is 6.61 Å². The third kappa shape index (κ3) is 5.01. The highest BCUT2D eigenvalue weighted by atomic mass is 16.5. The molecule has 1 amide bonds. The Labute approximate surface area is 114 Å². The lowest BCUT2D eigenvalue weighted by molar-refractivity contribution is -0.119. The number of nitrogens with one attached hydrogen (secondary N) is 1. The largest absolute Gasteiger partial charge is 0.392 e. The van der Waals surface area contributed by atoms with Crippen LogP contribution in [0.3, 0.4) is 0 Å². The van der Waals surface area contributed by atoms with Crippen molar-refractivity contribution in [3.8, 4) is 0 Å². The number of hydrogen-bond acceptors (Lipinski definition) is 3. The smallest absolute Gasteiger partial charge is 0.227 e. The average Bonchev–Trinajstić information content (AvgIpc) is 2.41. The van der Waals surface area contributed by atoms with Crippen LogP contribution in [0.2, 0.25) is 0 Å². The molecule has 0 saturated carbocycles. The lowest BCUT2D eigenvalue weighted by atomic mass is 10.0. The number of methoxy groups -OCH3 is 1. The zero-order chi connectivity index (χ0) is 14.3. The molecule has 0 heterocycles. The Kier molecular flexibility index (Phi) is 6.53. The van der Waals surface area contributed by atoms with Gasteiger partial charge in [0.1, 0.15) is 0 Å². The van der Waals surface area contributed by atoms with Crippen LogP contribution in [-0.4, -0.2) is 24.7 Å². The number of carbonyl (C=O) groups excluding carboxylic acids is 1. The minimum absolute atomic E-state index is 0.00860. The van der Waals surface area contributed by atoms with Gasteiger partial charge in [0.25, 0.3) is 0 Å². The normalized spacial score (nSPS) is 12.2. The first-order valence-electron chi connectivity index (χ1n) is 6.58. The molecular weight excluding hydrogens is 242 g/mol. The quantitative estimate of drug-likeness (QED) is 0.745. The number of benzene rings is 1. The fourth-order valence-corrected chi connectivity index (χ4v) is 1.82. The summed E-state index contributed by atoms with van der Waals surface area (Å²) in [5, 5.41) is 12.0. The third-order valence-electron chi connectivity index (χ3n) is 3.18. The molecule has 4 heteroatoms. The van der Waals surface area contributed by atoms with Gasteiger partial charge < -0.3 is 15.2 Å². The number of amides is 1. The minimum Gasteiger partial charge on any atom is -0.392 e. The molecule has 0 saturated heterocycles. The minimum atomic E-state index is -0.0488. The van der Waals surface area contributed by atoms with Crippen LogP contribution >= 0.6 is 0 Å². The maximum absolute atomic E-state index is 12.0. The molecule has 0 radical (unpaired) electrons. The van der Waals surface area contributed by atoms with E-state index in [9.17, 15) is 4.79 Å². The summed E-state index contributed by atoms with van der Waals surface area (Å²) in [5.74, 6) is -0.0402. The number of aliphatic hydroxyl groups is 1. The van der Waals surface area contributed by atoms with Crippen molar-refractivity contribution in [3.05, 3.63) is 29.3 Å². The van der Waals surface area contributed by atoms with Gasteiger partial charge in [-0.1, -0.05) is 19.1 Å². The van der Waals surface area contributed by atoms with Crippen LogP contribution in [0.25, 0.3) is 0 Å². The summed E-state index contributed by atoms with van der Waals surface area (Å²) in [6.07, 6.45) is 1.68. The van der Waals surface area contributed by atoms with E-state index >= 15 is 0 Å². The molecule has 0 bridgehead atoms. The maximum atomic E-state index is 12.0. The third-order valence-corrected chi connectivity index (χ3v) is 3.18. The molecule has 4 nitrogen and oxygen atoms in total.